The highest BCUT2D eigenvalue weighted by molar-refractivity contribution is 5.66. The van der Waals surface area contributed by atoms with Gasteiger partial charge in [0, 0.05) is 12.5 Å². The Morgan fingerprint density at radius 3 is 2.33 bits per heavy atom. The molecule has 1 atom stereocenters. The zero-order chi connectivity index (χ0) is 17.8. The van der Waals surface area contributed by atoms with Gasteiger partial charge in [0.2, 0.25) is 0 Å². The van der Waals surface area contributed by atoms with Crippen molar-refractivity contribution in [1.29, 1.82) is 0 Å². The minimum Gasteiger partial charge on any atom is -0.497 e. The molecule has 0 radical (unpaired) electrons. The number of likely N-dealkylation sites (N-methyl/N-ethyl adjacent to an activating group) is 1. The summed E-state index contributed by atoms with van der Waals surface area (Å²) in [5, 5.41) is 8.62. The number of ether oxygens (including phenoxy) is 1. The highest BCUT2D eigenvalue weighted by atomic mass is 16.5. The van der Waals surface area contributed by atoms with Crippen molar-refractivity contribution in [3.05, 3.63) is 29.8 Å². The highest BCUT2D eigenvalue weighted by Gasteiger charge is 2.12. The lowest BCUT2D eigenvalue weighted by atomic mass is 10.0. The summed E-state index contributed by atoms with van der Waals surface area (Å²) in [5.74, 6) is 0.223. The summed E-state index contributed by atoms with van der Waals surface area (Å²) in [4.78, 5) is 13.0. The average Bonchev–Trinajstić information content (AvgIpc) is 2.57. The van der Waals surface area contributed by atoms with Crippen molar-refractivity contribution >= 4 is 5.97 Å². The van der Waals surface area contributed by atoms with Crippen LogP contribution in [0.4, 0.5) is 0 Å². The largest absolute Gasteiger partial charge is 0.497 e. The monoisotopic (exact) mass is 335 g/mol. The topological polar surface area (TPSA) is 49.8 Å². The van der Waals surface area contributed by atoms with Crippen LogP contribution in [0.1, 0.15) is 57.9 Å². The number of aliphatic carboxylic acids is 1. The summed E-state index contributed by atoms with van der Waals surface area (Å²) in [6, 6.07) is 8.86. The molecule has 1 aromatic carbocycles. The first-order valence-corrected chi connectivity index (χ1v) is 9.15. The van der Waals surface area contributed by atoms with E-state index in [2.05, 4.69) is 30.9 Å². The molecule has 4 nitrogen and oxygen atoms in total. The Balaban J connectivity index is 2.25. The molecule has 1 aromatic rings. The number of nitrogens with zero attached hydrogens (tertiary/aromatic N) is 1. The maximum absolute atomic E-state index is 10.5. The number of carboxylic acid groups (broad SMARTS) is 1. The Bertz CT molecular complexity index is 458. The number of benzene rings is 1. The zero-order valence-electron chi connectivity index (χ0n) is 15.5. The maximum Gasteiger partial charge on any atom is 0.303 e. The molecule has 0 spiro atoms. The molecule has 0 aliphatic rings. The van der Waals surface area contributed by atoms with Crippen molar-refractivity contribution in [2.75, 3.05) is 20.2 Å². The molecule has 0 amide bonds. The third kappa shape index (κ3) is 8.34. The fraction of sp³-hybridized carbons (Fsp3) is 0.650. The number of carboxylic acids is 1. The van der Waals surface area contributed by atoms with Crippen LogP contribution in [0.15, 0.2) is 24.3 Å². The van der Waals surface area contributed by atoms with Crippen molar-refractivity contribution in [2.24, 2.45) is 0 Å². The second-order valence-electron chi connectivity index (χ2n) is 6.44. The van der Waals surface area contributed by atoms with E-state index < -0.39 is 5.97 Å². The van der Waals surface area contributed by atoms with Gasteiger partial charge in [-0.2, -0.15) is 0 Å². The molecule has 0 bridgehead atoms. The van der Waals surface area contributed by atoms with E-state index in [1.165, 1.54) is 18.4 Å². The normalized spacial score (nSPS) is 12.3. The molecule has 1 N–H and O–H groups in total. The lowest BCUT2D eigenvalue weighted by Gasteiger charge is -2.28. The van der Waals surface area contributed by atoms with Gasteiger partial charge in [-0.25, -0.2) is 0 Å². The summed E-state index contributed by atoms with van der Waals surface area (Å²) >= 11 is 0. The molecule has 4 heteroatoms. The molecule has 0 saturated carbocycles. The minimum atomic E-state index is -0.681. The van der Waals surface area contributed by atoms with Crippen molar-refractivity contribution in [1.82, 2.24) is 4.90 Å². The van der Waals surface area contributed by atoms with E-state index >= 15 is 0 Å². The van der Waals surface area contributed by atoms with Crippen LogP contribution in [0, 0.1) is 0 Å². The summed E-state index contributed by atoms with van der Waals surface area (Å²) in [6.07, 6.45) is 6.70. The average molecular weight is 335 g/mol. The van der Waals surface area contributed by atoms with Gasteiger partial charge in [0.15, 0.2) is 0 Å². The Morgan fingerprint density at radius 1 is 1.12 bits per heavy atom. The van der Waals surface area contributed by atoms with E-state index in [-0.39, 0.29) is 0 Å². The van der Waals surface area contributed by atoms with Crippen LogP contribution in [0.3, 0.4) is 0 Å². The van der Waals surface area contributed by atoms with Gasteiger partial charge in [0.25, 0.3) is 0 Å². The van der Waals surface area contributed by atoms with Gasteiger partial charge >= 0.3 is 5.97 Å². The van der Waals surface area contributed by atoms with E-state index in [0.29, 0.717) is 12.5 Å². The van der Waals surface area contributed by atoms with Crippen molar-refractivity contribution < 1.29 is 14.6 Å². The molecular formula is C20H33NO3. The van der Waals surface area contributed by atoms with Crippen molar-refractivity contribution in [3.8, 4) is 5.75 Å². The van der Waals surface area contributed by atoms with Gasteiger partial charge in [-0.3, -0.25) is 4.79 Å². The standard InChI is InChI=1S/C20H33NO3/c1-4-21(15-9-7-5-6-8-10-20(22)23)17(2)16-18-11-13-19(24-3)14-12-18/h11-14,17H,4-10,15-16H2,1-3H3,(H,22,23). The van der Waals surface area contributed by atoms with E-state index in [0.717, 1.165) is 44.5 Å². The molecular weight excluding hydrogens is 302 g/mol. The molecule has 0 aromatic heterocycles. The second-order valence-corrected chi connectivity index (χ2v) is 6.44. The predicted molar refractivity (Wildman–Crippen MR) is 98.7 cm³/mol. The predicted octanol–water partition coefficient (Wildman–Crippen LogP) is 4.37. The first kappa shape index (κ1) is 20.5. The first-order chi connectivity index (χ1) is 11.6. The van der Waals surface area contributed by atoms with E-state index in [4.69, 9.17) is 9.84 Å². The van der Waals surface area contributed by atoms with Gasteiger partial charge < -0.3 is 14.7 Å². The molecule has 1 rings (SSSR count). The second kappa shape index (κ2) is 11.9. The van der Waals surface area contributed by atoms with E-state index in [9.17, 15) is 4.79 Å². The number of unbranched alkanes of at least 4 members (excludes halogenated alkanes) is 4. The summed E-state index contributed by atoms with van der Waals surface area (Å²) in [6.45, 7) is 6.70. The number of carbonyl (C=O) groups is 1. The van der Waals surface area contributed by atoms with Crippen LogP contribution in [0.2, 0.25) is 0 Å². The van der Waals surface area contributed by atoms with Crippen molar-refractivity contribution in [2.45, 2.75) is 64.8 Å². The van der Waals surface area contributed by atoms with Crippen LogP contribution in [-0.4, -0.2) is 42.2 Å². The van der Waals surface area contributed by atoms with Gasteiger partial charge in [0.05, 0.1) is 7.11 Å². The van der Waals surface area contributed by atoms with Gasteiger partial charge in [-0.1, -0.05) is 38.3 Å². The Morgan fingerprint density at radius 2 is 1.75 bits per heavy atom. The number of methoxy groups -OCH3 is 1. The molecule has 136 valence electrons. The van der Waals surface area contributed by atoms with Crippen LogP contribution in [0.5, 0.6) is 5.75 Å². The Labute approximate surface area is 146 Å². The Kier molecular flexibility index (Phi) is 10.2. The summed E-state index contributed by atoms with van der Waals surface area (Å²) in [7, 11) is 1.69. The highest BCUT2D eigenvalue weighted by Crippen LogP contribution is 2.15. The van der Waals surface area contributed by atoms with Crippen LogP contribution < -0.4 is 4.74 Å². The number of rotatable bonds is 13. The molecule has 0 aliphatic heterocycles. The fourth-order valence-electron chi connectivity index (χ4n) is 3.04. The molecule has 0 heterocycles. The number of hydrogen-bond donors (Lipinski definition) is 1. The third-order valence-electron chi connectivity index (χ3n) is 4.56. The third-order valence-corrected chi connectivity index (χ3v) is 4.56. The summed E-state index contributed by atoms with van der Waals surface area (Å²) < 4.78 is 5.21. The van der Waals surface area contributed by atoms with Gasteiger partial charge in [-0.05, 0) is 57.0 Å². The van der Waals surface area contributed by atoms with E-state index in [1.807, 2.05) is 12.1 Å². The first-order valence-electron chi connectivity index (χ1n) is 9.15. The molecule has 0 fully saturated rings. The van der Waals surface area contributed by atoms with E-state index in [1.54, 1.807) is 7.11 Å². The van der Waals surface area contributed by atoms with Crippen LogP contribution in [0.25, 0.3) is 0 Å². The lowest BCUT2D eigenvalue weighted by Crippen LogP contribution is -2.35. The summed E-state index contributed by atoms with van der Waals surface area (Å²) in [5.41, 5.74) is 1.34. The molecule has 24 heavy (non-hydrogen) atoms. The van der Waals surface area contributed by atoms with Gasteiger partial charge in [-0.15, -0.1) is 0 Å². The Hall–Kier alpha value is -1.55. The maximum atomic E-state index is 10.5. The minimum absolute atomic E-state index is 0.306. The lowest BCUT2D eigenvalue weighted by molar-refractivity contribution is -0.137. The van der Waals surface area contributed by atoms with Gasteiger partial charge in [0.1, 0.15) is 5.75 Å². The van der Waals surface area contributed by atoms with Crippen LogP contribution >= 0.6 is 0 Å². The fourth-order valence-corrected chi connectivity index (χ4v) is 3.04. The molecule has 1 unspecified atom stereocenters. The quantitative estimate of drug-likeness (QED) is 0.544. The zero-order valence-corrected chi connectivity index (χ0v) is 15.5. The molecule has 0 aliphatic carbocycles. The smallest absolute Gasteiger partial charge is 0.303 e. The SMILES string of the molecule is CCN(CCCCCCCC(=O)O)C(C)Cc1ccc(OC)cc1. The number of hydrogen-bond acceptors (Lipinski definition) is 3. The van der Waals surface area contributed by atoms with Crippen molar-refractivity contribution in [3.63, 3.8) is 0 Å². The van der Waals surface area contributed by atoms with Crippen LogP contribution in [-0.2, 0) is 11.2 Å². The molecule has 0 saturated heterocycles.